The summed E-state index contributed by atoms with van der Waals surface area (Å²) < 4.78 is 0. The maximum Gasteiger partial charge on any atom is -0.00206 e. The number of rotatable bonds is 4. The Hall–Kier alpha value is -8.06. The van der Waals surface area contributed by atoms with Gasteiger partial charge in [0.1, 0.15) is 0 Å². The first-order valence-corrected chi connectivity index (χ1v) is 21.7. The summed E-state index contributed by atoms with van der Waals surface area (Å²) in [5.41, 5.74) is 9.92. The Labute approximate surface area is 358 Å². The quantitative estimate of drug-likeness (QED) is 0.156. The highest BCUT2D eigenvalue weighted by Crippen LogP contribution is 2.49. The maximum atomic E-state index is 2.50. The Morgan fingerprint density at radius 3 is 1.24 bits per heavy atom. The van der Waals surface area contributed by atoms with Gasteiger partial charge < -0.3 is 0 Å². The standard InChI is InChI=1S/C62H36/c1-2-10-44-33-46(24-19-37(44)9-1)55-36-57(51-30-26-43-23-21-39-13-8-15-41-28-32-54(51)62(43)59(39)41)49-17-5-6-18-52(49)60(55)47-34-45-11-3-4-16-48(45)56(35-47)50-29-25-42-22-20-38-12-7-14-40-27-31-53(50)61(42)58(38)40/h1-36H. The third-order valence-corrected chi connectivity index (χ3v) is 13.9. The molecule has 14 rings (SSSR count). The molecule has 0 aliphatic rings. The molecule has 0 aromatic heterocycles. The van der Waals surface area contributed by atoms with Gasteiger partial charge in [-0.2, -0.15) is 0 Å². The van der Waals surface area contributed by atoms with Gasteiger partial charge >= 0.3 is 0 Å². The zero-order valence-electron chi connectivity index (χ0n) is 33.8. The van der Waals surface area contributed by atoms with Crippen molar-refractivity contribution in [3.05, 3.63) is 218 Å². The van der Waals surface area contributed by atoms with Crippen LogP contribution in [0.2, 0.25) is 0 Å². The van der Waals surface area contributed by atoms with Crippen LogP contribution in [0.15, 0.2) is 218 Å². The highest BCUT2D eigenvalue weighted by atomic mass is 14.2. The average Bonchev–Trinajstić information content (AvgIpc) is 3.34. The lowest BCUT2D eigenvalue weighted by Gasteiger charge is -2.21. The largest absolute Gasteiger partial charge is 0.0616 e. The van der Waals surface area contributed by atoms with Gasteiger partial charge in [-0.15, -0.1) is 0 Å². The molecule has 0 amide bonds. The molecule has 14 aromatic carbocycles. The van der Waals surface area contributed by atoms with Gasteiger partial charge in [-0.3, -0.25) is 0 Å². The molecule has 0 N–H and O–H groups in total. The van der Waals surface area contributed by atoms with Crippen molar-refractivity contribution in [2.24, 2.45) is 0 Å². The van der Waals surface area contributed by atoms with E-state index in [4.69, 9.17) is 0 Å². The summed E-state index contributed by atoms with van der Waals surface area (Å²) in [4.78, 5) is 0. The smallest absolute Gasteiger partial charge is 0.00206 e. The first kappa shape index (κ1) is 33.7. The average molecular weight is 781 g/mol. The first-order chi connectivity index (χ1) is 30.7. The molecule has 62 heavy (non-hydrogen) atoms. The minimum Gasteiger partial charge on any atom is -0.0616 e. The first-order valence-electron chi connectivity index (χ1n) is 21.7. The molecule has 0 unspecified atom stereocenters. The van der Waals surface area contributed by atoms with Crippen LogP contribution in [0.4, 0.5) is 0 Å². The van der Waals surface area contributed by atoms with Crippen LogP contribution in [-0.2, 0) is 0 Å². The van der Waals surface area contributed by atoms with E-state index in [0.29, 0.717) is 0 Å². The van der Waals surface area contributed by atoms with Crippen molar-refractivity contribution in [2.75, 3.05) is 0 Å². The minimum absolute atomic E-state index is 1.21. The lowest BCUT2D eigenvalue weighted by Crippen LogP contribution is -1.94. The molecule has 0 bridgehead atoms. The second-order valence-corrected chi connectivity index (χ2v) is 17.1. The van der Waals surface area contributed by atoms with E-state index in [1.54, 1.807) is 0 Å². The third kappa shape index (κ3) is 4.78. The fraction of sp³-hybridized carbons (Fsp3) is 0. The topological polar surface area (TPSA) is 0 Å². The molecular weight excluding hydrogens is 745 g/mol. The lowest BCUT2D eigenvalue weighted by molar-refractivity contribution is 1.62. The zero-order chi connectivity index (χ0) is 40.5. The van der Waals surface area contributed by atoms with E-state index in [9.17, 15) is 0 Å². The molecule has 0 saturated carbocycles. The Kier molecular flexibility index (Phi) is 6.92. The monoisotopic (exact) mass is 780 g/mol. The van der Waals surface area contributed by atoms with E-state index in [2.05, 4.69) is 218 Å². The van der Waals surface area contributed by atoms with Crippen molar-refractivity contribution >= 4 is 97.0 Å². The number of fused-ring (bicyclic) bond motifs is 3. The normalized spacial score (nSPS) is 12.2. The highest BCUT2D eigenvalue weighted by Gasteiger charge is 2.22. The molecule has 0 nitrogen and oxygen atoms in total. The van der Waals surface area contributed by atoms with Crippen LogP contribution in [0.25, 0.3) is 141 Å². The van der Waals surface area contributed by atoms with Crippen LogP contribution in [-0.4, -0.2) is 0 Å². The van der Waals surface area contributed by atoms with E-state index < -0.39 is 0 Å². The molecule has 0 heterocycles. The maximum absolute atomic E-state index is 2.50. The van der Waals surface area contributed by atoms with Crippen LogP contribution in [0.1, 0.15) is 0 Å². The van der Waals surface area contributed by atoms with E-state index in [1.807, 2.05) is 0 Å². The fourth-order valence-electron chi connectivity index (χ4n) is 11.1. The van der Waals surface area contributed by atoms with Gasteiger partial charge in [0.15, 0.2) is 0 Å². The summed E-state index contributed by atoms with van der Waals surface area (Å²) in [5, 5.41) is 23.1. The van der Waals surface area contributed by atoms with Crippen LogP contribution < -0.4 is 0 Å². The number of benzene rings is 14. The summed E-state index contributed by atoms with van der Waals surface area (Å²) in [6.07, 6.45) is 0. The van der Waals surface area contributed by atoms with Gasteiger partial charge in [-0.1, -0.05) is 194 Å². The molecule has 0 radical (unpaired) electrons. The van der Waals surface area contributed by atoms with Crippen LogP contribution in [0.3, 0.4) is 0 Å². The van der Waals surface area contributed by atoms with Gasteiger partial charge in [-0.05, 0) is 166 Å². The van der Waals surface area contributed by atoms with Crippen molar-refractivity contribution in [1.29, 1.82) is 0 Å². The van der Waals surface area contributed by atoms with Crippen molar-refractivity contribution in [2.45, 2.75) is 0 Å². The molecule has 0 saturated heterocycles. The van der Waals surface area contributed by atoms with Crippen molar-refractivity contribution in [1.82, 2.24) is 0 Å². The van der Waals surface area contributed by atoms with E-state index >= 15 is 0 Å². The van der Waals surface area contributed by atoms with Crippen molar-refractivity contribution < 1.29 is 0 Å². The van der Waals surface area contributed by atoms with Crippen molar-refractivity contribution in [3.8, 4) is 44.5 Å². The molecule has 284 valence electrons. The molecule has 0 fully saturated rings. The third-order valence-electron chi connectivity index (χ3n) is 13.9. The molecule has 0 aliphatic carbocycles. The van der Waals surface area contributed by atoms with Crippen molar-refractivity contribution in [3.63, 3.8) is 0 Å². The van der Waals surface area contributed by atoms with E-state index in [0.717, 1.165) is 0 Å². The summed E-state index contributed by atoms with van der Waals surface area (Å²) >= 11 is 0. The molecule has 0 atom stereocenters. The van der Waals surface area contributed by atoms with Crippen LogP contribution >= 0.6 is 0 Å². The van der Waals surface area contributed by atoms with Crippen LogP contribution in [0, 0.1) is 0 Å². The summed E-state index contributed by atoms with van der Waals surface area (Å²) in [6, 6.07) is 82.3. The van der Waals surface area contributed by atoms with E-state index in [1.165, 1.54) is 141 Å². The Bertz CT molecular complexity index is 4120. The lowest BCUT2D eigenvalue weighted by atomic mass is 9.82. The molecule has 14 aromatic rings. The Balaban J connectivity index is 1.10. The summed E-state index contributed by atoms with van der Waals surface area (Å²) in [7, 11) is 0. The number of hydrogen-bond donors (Lipinski definition) is 0. The Morgan fingerprint density at radius 2 is 0.613 bits per heavy atom. The SMILES string of the molecule is c1ccc2cc(-c3cc(-c4ccc5ccc6cccc7ccc4c5c67)c4ccccc4c3-c3cc(-c4ccc5ccc6cccc7ccc4c5c67)c4ccccc4c3)ccc2c1. The summed E-state index contributed by atoms with van der Waals surface area (Å²) in [6.45, 7) is 0. The van der Waals surface area contributed by atoms with E-state index in [-0.39, 0.29) is 0 Å². The molecule has 0 heteroatoms. The van der Waals surface area contributed by atoms with Gasteiger partial charge in [0, 0.05) is 0 Å². The number of hydrogen-bond acceptors (Lipinski definition) is 0. The molecular formula is C62H36. The second-order valence-electron chi connectivity index (χ2n) is 17.1. The molecule has 0 spiro atoms. The van der Waals surface area contributed by atoms with Crippen LogP contribution in [0.5, 0.6) is 0 Å². The summed E-state index contributed by atoms with van der Waals surface area (Å²) in [5.74, 6) is 0. The fourth-order valence-corrected chi connectivity index (χ4v) is 11.1. The van der Waals surface area contributed by atoms with Gasteiger partial charge in [0.05, 0.1) is 0 Å². The second kappa shape index (κ2) is 12.7. The molecule has 0 aliphatic heterocycles. The predicted octanol–water partition coefficient (Wildman–Crippen LogP) is 17.6. The zero-order valence-corrected chi connectivity index (χ0v) is 33.8. The highest BCUT2D eigenvalue weighted by molar-refractivity contribution is 6.28. The van der Waals surface area contributed by atoms with Gasteiger partial charge in [0.2, 0.25) is 0 Å². The van der Waals surface area contributed by atoms with Gasteiger partial charge in [0.25, 0.3) is 0 Å². The minimum atomic E-state index is 1.21. The predicted molar refractivity (Wildman–Crippen MR) is 268 cm³/mol. The Morgan fingerprint density at radius 1 is 0.177 bits per heavy atom. The van der Waals surface area contributed by atoms with Gasteiger partial charge in [-0.25, -0.2) is 0 Å².